The molecule has 0 aliphatic rings. The van der Waals surface area contributed by atoms with Gasteiger partial charge in [0.2, 0.25) is 0 Å². The molecule has 0 radical (unpaired) electrons. The second-order valence-electron chi connectivity index (χ2n) is 4.83. The number of pyridine rings is 1. The molecule has 0 unspecified atom stereocenters. The lowest BCUT2D eigenvalue weighted by atomic mass is 10.1. The zero-order chi connectivity index (χ0) is 14.9. The fraction of sp³-hybridized carbons (Fsp3) is 0.0625. The average molecular weight is 308 g/mol. The molecular weight excluding hydrogens is 296 g/mol. The topological polar surface area (TPSA) is 63.8 Å². The Hall–Kier alpha value is -2.60. The lowest BCUT2D eigenvalue weighted by molar-refractivity contribution is 0.315. The summed E-state index contributed by atoms with van der Waals surface area (Å²) in [6.45, 7) is 0. The molecule has 0 saturated heterocycles. The predicted molar refractivity (Wildman–Crippen MR) is 88.6 cm³/mol. The molecule has 0 amide bonds. The second-order valence-corrected chi connectivity index (χ2v) is 5.71. The number of hydrogen-bond acceptors (Lipinski definition) is 6. The van der Waals surface area contributed by atoms with Gasteiger partial charge in [-0.25, -0.2) is 4.63 Å². The van der Waals surface area contributed by atoms with E-state index in [1.165, 1.54) is 4.90 Å². The normalized spacial score (nSPS) is 11.1. The van der Waals surface area contributed by atoms with Crippen LogP contribution in [-0.2, 0) is 0 Å². The van der Waals surface area contributed by atoms with Crippen LogP contribution in [0.25, 0.3) is 21.9 Å². The van der Waals surface area contributed by atoms with E-state index in [4.69, 9.17) is 4.63 Å². The Morgan fingerprint density at radius 1 is 0.955 bits per heavy atom. The van der Waals surface area contributed by atoms with Gasteiger partial charge in [0.05, 0.1) is 5.52 Å². The maximum Gasteiger partial charge on any atom is 0.137 e. The maximum atomic E-state index is 4.73. The minimum atomic E-state index is 0.730. The van der Waals surface area contributed by atoms with Gasteiger partial charge in [-0.3, -0.25) is 4.98 Å². The minimum Gasteiger partial charge on any atom is -0.355 e. The molecule has 0 spiro atoms. The number of nitrogens with zero attached hydrogens (tertiary/aromatic N) is 3. The Bertz CT molecular complexity index is 967. The highest BCUT2D eigenvalue weighted by Crippen LogP contribution is 2.29. The standard InChI is InChI=1S/C16H12N4OS/c1-22-11-3-5-13-12(9-11)14(6-7-17-13)18-10-2-4-15-16(8-10)20-21-19-15/h2-9H,1H3,(H,17,18). The van der Waals surface area contributed by atoms with E-state index in [9.17, 15) is 0 Å². The lowest BCUT2D eigenvalue weighted by Gasteiger charge is -2.10. The van der Waals surface area contributed by atoms with E-state index in [-0.39, 0.29) is 0 Å². The van der Waals surface area contributed by atoms with E-state index in [0.717, 1.165) is 33.3 Å². The first-order valence-corrected chi connectivity index (χ1v) is 7.98. The van der Waals surface area contributed by atoms with Gasteiger partial charge in [0.25, 0.3) is 0 Å². The minimum absolute atomic E-state index is 0.730. The highest BCUT2D eigenvalue weighted by molar-refractivity contribution is 7.98. The van der Waals surface area contributed by atoms with Crippen LogP contribution in [0, 0.1) is 0 Å². The number of benzene rings is 2. The van der Waals surface area contributed by atoms with Crippen molar-refractivity contribution < 1.29 is 4.63 Å². The number of rotatable bonds is 3. The summed E-state index contributed by atoms with van der Waals surface area (Å²) >= 11 is 1.72. The molecule has 0 bridgehead atoms. The number of nitrogens with one attached hydrogen (secondary N) is 1. The van der Waals surface area contributed by atoms with Crippen molar-refractivity contribution in [3.8, 4) is 0 Å². The quantitative estimate of drug-likeness (QED) is 0.571. The zero-order valence-electron chi connectivity index (χ0n) is 11.8. The Balaban J connectivity index is 1.79. The summed E-state index contributed by atoms with van der Waals surface area (Å²) in [6, 6.07) is 14.0. The number of thioether (sulfide) groups is 1. The summed E-state index contributed by atoms with van der Waals surface area (Å²) in [7, 11) is 0. The number of anilines is 2. The van der Waals surface area contributed by atoms with E-state index in [1.807, 2.05) is 30.3 Å². The van der Waals surface area contributed by atoms with Crippen molar-refractivity contribution in [3.05, 3.63) is 48.7 Å². The van der Waals surface area contributed by atoms with Crippen molar-refractivity contribution in [1.29, 1.82) is 0 Å². The van der Waals surface area contributed by atoms with Crippen molar-refractivity contribution >= 4 is 45.1 Å². The summed E-state index contributed by atoms with van der Waals surface area (Å²) in [5.41, 5.74) is 4.39. The zero-order valence-corrected chi connectivity index (χ0v) is 12.6. The van der Waals surface area contributed by atoms with Crippen LogP contribution in [0.3, 0.4) is 0 Å². The third-order valence-corrected chi connectivity index (χ3v) is 4.21. The van der Waals surface area contributed by atoms with Crippen molar-refractivity contribution in [1.82, 2.24) is 15.3 Å². The highest BCUT2D eigenvalue weighted by Gasteiger charge is 2.06. The van der Waals surface area contributed by atoms with Gasteiger partial charge in [-0.05, 0) is 59.0 Å². The lowest BCUT2D eigenvalue weighted by Crippen LogP contribution is -1.93. The molecule has 4 aromatic rings. The van der Waals surface area contributed by atoms with Gasteiger partial charge in [0.1, 0.15) is 11.0 Å². The third-order valence-electron chi connectivity index (χ3n) is 3.48. The highest BCUT2D eigenvalue weighted by atomic mass is 32.2. The first-order chi connectivity index (χ1) is 10.8. The average Bonchev–Trinajstić information content (AvgIpc) is 3.02. The summed E-state index contributed by atoms with van der Waals surface area (Å²) in [6.07, 6.45) is 3.87. The van der Waals surface area contributed by atoms with Crippen molar-refractivity contribution in [3.63, 3.8) is 0 Å². The molecular formula is C16H12N4OS. The van der Waals surface area contributed by atoms with Crippen LogP contribution in [0.1, 0.15) is 0 Å². The van der Waals surface area contributed by atoms with Gasteiger partial charge in [-0.15, -0.1) is 11.8 Å². The van der Waals surface area contributed by atoms with Crippen LogP contribution in [-0.4, -0.2) is 21.6 Å². The molecule has 5 nitrogen and oxygen atoms in total. The number of hydrogen-bond donors (Lipinski definition) is 1. The smallest absolute Gasteiger partial charge is 0.137 e. The molecule has 4 rings (SSSR count). The van der Waals surface area contributed by atoms with Crippen LogP contribution in [0.2, 0.25) is 0 Å². The third kappa shape index (κ3) is 2.27. The van der Waals surface area contributed by atoms with Crippen LogP contribution in [0.15, 0.2) is 58.2 Å². The summed E-state index contributed by atoms with van der Waals surface area (Å²) in [4.78, 5) is 5.62. The predicted octanol–water partition coefficient (Wildman–Crippen LogP) is 4.24. The van der Waals surface area contributed by atoms with Crippen LogP contribution >= 0.6 is 11.8 Å². The molecule has 0 aliphatic carbocycles. The van der Waals surface area contributed by atoms with Crippen LogP contribution < -0.4 is 5.32 Å². The molecule has 2 heterocycles. The summed E-state index contributed by atoms with van der Waals surface area (Å²) in [5, 5.41) is 12.2. The van der Waals surface area contributed by atoms with E-state index < -0.39 is 0 Å². The molecule has 0 fully saturated rings. The summed E-state index contributed by atoms with van der Waals surface area (Å²) < 4.78 is 4.73. The first-order valence-electron chi connectivity index (χ1n) is 6.75. The van der Waals surface area contributed by atoms with Crippen LogP contribution in [0.4, 0.5) is 11.4 Å². The van der Waals surface area contributed by atoms with E-state index in [0.29, 0.717) is 0 Å². The Labute approximate surface area is 130 Å². The van der Waals surface area contributed by atoms with Gasteiger partial charge in [0.15, 0.2) is 0 Å². The van der Waals surface area contributed by atoms with Crippen molar-refractivity contribution in [2.75, 3.05) is 11.6 Å². The van der Waals surface area contributed by atoms with Crippen LogP contribution in [0.5, 0.6) is 0 Å². The molecule has 108 valence electrons. The number of aromatic nitrogens is 3. The van der Waals surface area contributed by atoms with Gasteiger partial charge in [0, 0.05) is 27.9 Å². The summed E-state index contributed by atoms with van der Waals surface area (Å²) in [5.74, 6) is 0. The molecule has 22 heavy (non-hydrogen) atoms. The Morgan fingerprint density at radius 2 is 1.82 bits per heavy atom. The van der Waals surface area contributed by atoms with Gasteiger partial charge >= 0.3 is 0 Å². The molecule has 1 N–H and O–H groups in total. The number of fused-ring (bicyclic) bond motifs is 2. The SMILES string of the molecule is CSc1ccc2nccc(Nc3ccc4nonc4c3)c2c1. The van der Waals surface area contributed by atoms with E-state index in [1.54, 1.807) is 18.0 Å². The molecule has 6 heteroatoms. The van der Waals surface area contributed by atoms with Gasteiger partial charge in [-0.1, -0.05) is 0 Å². The molecule has 0 atom stereocenters. The fourth-order valence-corrected chi connectivity index (χ4v) is 2.82. The molecule has 0 saturated carbocycles. The van der Waals surface area contributed by atoms with E-state index in [2.05, 4.69) is 39.0 Å². The monoisotopic (exact) mass is 308 g/mol. The van der Waals surface area contributed by atoms with Crippen molar-refractivity contribution in [2.45, 2.75) is 4.90 Å². The Kier molecular flexibility index (Phi) is 3.16. The first kappa shape index (κ1) is 13.1. The fourth-order valence-electron chi connectivity index (χ4n) is 2.38. The Morgan fingerprint density at radius 3 is 2.73 bits per heavy atom. The molecule has 0 aliphatic heterocycles. The molecule has 2 aromatic heterocycles. The molecule has 2 aromatic carbocycles. The second kappa shape index (κ2) is 5.31. The maximum absolute atomic E-state index is 4.73. The van der Waals surface area contributed by atoms with E-state index >= 15 is 0 Å². The largest absolute Gasteiger partial charge is 0.355 e. The van der Waals surface area contributed by atoms with Crippen molar-refractivity contribution in [2.24, 2.45) is 0 Å². The van der Waals surface area contributed by atoms with Gasteiger partial charge < -0.3 is 5.32 Å². The van der Waals surface area contributed by atoms with Gasteiger partial charge in [-0.2, -0.15) is 0 Å².